The van der Waals surface area contributed by atoms with Crippen LogP contribution in [0.15, 0.2) is 46.9 Å². The van der Waals surface area contributed by atoms with Gasteiger partial charge in [-0.2, -0.15) is 5.26 Å². The van der Waals surface area contributed by atoms with E-state index in [-0.39, 0.29) is 17.1 Å². The van der Waals surface area contributed by atoms with Gasteiger partial charge in [-0.25, -0.2) is 0 Å². The Morgan fingerprint density at radius 3 is 2.43 bits per heavy atom. The molecule has 0 aliphatic carbocycles. The summed E-state index contributed by atoms with van der Waals surface area (Å²) >= 11 is 3.22. The number of ether oxygens (including phenoxy) is 2. The quantitative estimate of drug-likeness (QED) is 0.775. The highest BCUT2D eigenvalue weighted by molar-refractivity contribution is 9.10. The zero-order valence-corrected chi connectivity index (χ0v) is 11.9. The van der Waals surface area contributed by atoms with Crippen molar-refractivity contribution in [2.24, 2.45) is 0 Å². The van der Waals surface area contributed by atoms with Crippen LogP contribution in [0.25, 0.3) is 0 Å². The van der Waals surface area contributed by atoms with E-state index in [1.165, 1.54) is 12.1 Å². The number of halogens is 4. The van der Waals surface area contributed by atoms with Gasteiger partial charge in [-0.15, -0.1) is 13.2 Å². The molecule has 0 N–H and O–H groups in total. The van der Waals surface area contributed by atoms with Gasteiger partial charge in [0, 0.05) is 10.5 Å². The minimum Gasteiger partial charge on any atom is -0.456 e. The fourth-order valence-electron chi connectivity index (χ4n) is 1.54. The van der Waals surface area contributed by atoms with Crippen LogP contribution in [0.1, 0.15) is 5.56 Å². The van der Waals surface area contributed by atoms with Gasteiger partial charge >= 0.3 is 6.36 Å². The number of benzene rings is 2. The van der Waals surface area contributed by atoms with E-state index >= 15 is 0 Å². The first-order valence-electron chi connectivity index (χ1n) is 5.61. The predicted octanol–water partition coefficient (Wildman–Crippen LogP) is 5.01. The van der Waals surface area contributed by atoms with Crippen molar-refractivity contribution < 1.29 is 22.6 Å². The normalized spacial score (nSPS) is 10.8. The number of alkyl halides is 3. The highest BCUT2D eigenvalue weighted by atomic mass is 79.9. The van der Waals surface area contributed by atoms with E-state index in [1.54, 1.807) is 18.2 Å². The van der Waals surface area contributed by atoms with Crippen LogP contribution in [0.3, 0.4) is 0 Å². The molecule has 0 fully saturated rings. The van der Waals surface area contributed by atoms with Crippen molar-refractivity contribution >= 4 is 15.9 Å². The third-order valence-corrected chi connectivity index (χ3v) is 2.82. The van der Waals surface area contributed by atoms with Gasteiger partial charge in [0.25, 0.3) is 0 Å². The monoisotopic (exact) mass is 357 g/mol. The summed E-state index contributed by atoms with van der Waals surface area (Å²) in [6, 6.07) is 11.8. The summed E-state index contributed by atoms with van der Waals surface area (Å²) in [7, 11) is 0. The van der Waals surface area contributed by atoms with Crippen molar-refractivity contribution in [1.82, 2.24) is 0 Å². The number of nitriles is 1. The molecule has 0 amide bonds. The summed E-state index contributed by atoms with van der Waals surface area (Å²) in [4.78, 5) is 0. The Bertz CT molecular complexity index is 695. The van der Waals surface area contributed by atoms with Gasteiger partial charge < -0.3 is 9.47 Å². The maximum absolute atomic E-state index is 12.2. The van der Waals surface area contributed by atoms with E-state index in [2.05, 4.69) is 20.7 Å². The molecule has 3 nitrogen and oxygen atoms in total. The van der Waals surface area contributed by atoms with Gasteiger partial charge in [-0.1, -0.05) is 22.0 Å². The number of rotatable bonds is 3. The van der Waals surface area contributed by atoms with Gasteiger partial charge in [0.2, 0.25) is 0 Å². The first-order chi connectivity index (χ1) is 9.87. The third kappa shape index (κ3) is 4.39. The van der Waals surface area contributed by atoms with Crippen molar-refractivity contribution in [2.45, 2.75) is 6.36 Å². The summed E-state index contributed by atoms with van der Waals surface area (Å²) in [6.45, 7) is 0. The van der Waals surface area contributed by atoms with Crippen molar-refractivity contribution in [2.75, 3.05) is 0 Å². The minimum atomic E-state index is -4.77. The molecular weight excluding hydrogens is 351 g/mol. The van der Waals surface area contributed by atoms with Crippen molar-refractivity contribution in [3.05, 3.63) is 52.5 Å². The number of nitrogens with zero attached hydrogens (tertiary/aromatic N) is 1. The average Bonchev–Trinajstić information content (AvgIpc) is 2.39. The molecule has 0 saturated heterocycles. The van der Waals surface area contributed by atoms with E-state index in [1.807, 2.05) is 6.07 Å². The van der Waals surface area contributed by atoms with E-state index < -0.39 is 12.1 Å². The maximum Gasteiger partial charge on any atom is 0.573 e. The van der Waals surface area contributed by atoms with Gasteiger partial charge in [-0.05, 0) is 30.3 Å². The van der Waals surface area contributed by atoms with Crippen molar-refractivity contribution in [3.8, 4) is 23.3 Å². The van der Waals surface area contributed by atoms with Gasteiger partial charge in [0.1, 0.15) is 23.3 Å². The smallest absolute Gasteiger partial charge is 0.456 e. The molecule has 0 saturated carbocycles. The molecule has 108 valence electrons. The van der Waals surface area contributed by atoms with Crippen LogP contribution in [0.4, 0.5) is 13.2 Å². The first-order valence-corrected chi connectivity index (χ1v) is 6.40. The second-order valence-electron chi connectivity index (χ2n) is 3.88. The minimum absolute atomic E-state index is 0.135. The number of hydrogen-bond donors (Lipinski definition) is 0. The molecule has 0 spiro atoms. The van der Waals surface area contributed by atoms with E-state index in [9.17, 15) is 13.2 Å². The molecule has 0 unspecified atom stereocenters. The summed E-state index contributed by atoms with van der Waals surface area (Å²) in [6.07, 6.45) is -4.77. The average molecular weight is 358 g/mol. The zero-order valence-electron chi connectivity index (χ0n) is 10.3. The molecule has 7 heteroatoms. The Kier molecular flexibility index (Phi) is 4.38. The summed E-state index contributed by atoms with van der Waals surface area (Å²) in [5, 5.41) is 9.00. The predicted molar refractivity (Wildman–Crippen MR) is 72.1 cm³/mol. The molecular formula is C14H7BrF3NO2. The van der Waals surface area contributed by atoms with Gasteiger partial charge in [0.05, 0.1) is 5.56 Å². The van der Waals surface area contributed by atoms with E-state index in [0.29, 0.717) is 4.47 Å². The third-order valence-electron chi connectivity index (χ3n) is 2.33. The molecule has 21 heavy (non-hydrogen) atoms. The fourth-order valence-corrected chi connectivity index (χ4v) is 1.90. The maximum atomic E-state index is 12.2. The lowest BCUT2D eigenvalue weighted by atomic mass is 10.2. The lowest BCUT2D eigenvalue weighted by Gasteiger charge is -2.11. The molecule has 0 atom stereocenters. The molecule has 2 aromatic carbocycles. The number of hydrogen-bond acceptors (Lipinski definition) is 3. The van der Waals surface area contributed by atoms with Crippen LogP contribution in [0.5, 0.6) is 17.2 Å². The lowest BCUT2D eigenvalue weighted by Crippen LogP contribution is -2.17. The second kappa shape index (κ2) is 6.06. The Hall–Kier alpha value is -2.20. The Morgan fingerprint density at radius 1 is 1.05 bits per heavy atom. The molecule has 0 radical (unpaired) electrons. The highest BCUT2D eigenvalue weighted by Crippen LogP contribution is 2.31. The van der Waals surface area contributed by atoms with E-state index in [4.69, 9.17) is 10.00 Å². The van der Waals surface area contributed by atoms with Gasteiger partial charge in [0.15, 0.2) is 0 Å². The van der Waals surface area contributed by atoms with Crippen LogP contribution in [0, 0.1) is 11.3 Å². The lowest BCUT2D eigenvalue weighted by molar-refractivity contribution is -0.274. The SMILES string of the molecule is N#Cc1cc(Br)ccc1Oc1cccc(OC(F)(F)F)c1. The molecule has 0 heterocycles. The molecule has 2 rings (SSSR count). The highest BCUT2D eigenvalue weighted by Gasteiger charge is 2.31. The summed E-state index contributed by atoms with van der Waals surface area (Å²) in [5.74, 6) is -0.0175. The van der Waals surface area contributed by atoms with Crippen LogP contribution in [-0.2, 0) is 0 Å². The van der Waals surface area contributed by atoms with E-state index in [0.717, 1.165) is 12.1 Å². The standard InChI is InChI=1S/C14H7BrF3NO2/c15-10-4-5-13(9(6-10)8-19)20-11-2-1-3-12(7-11)21-14(16,17)18/h1-7H. The molecule has 2 aromatic rings. The first kappa shape index (κ1) is 15.2. The Balaban J connectivity index is 2.25. The van der Waals surface area contributed by atoms with Gasteiger partial charge in [-0.3, -0.25) is 0 Å². The van der Waals surface area contributed by atoms with Crippen LogP contribution < -0.4 is 9.47 Å². The summed E-state index contributed by atoms with van der Waals surface area (Å²) < 4.78 is 46.4. The van der Waals surface area contributed by atoms with Crippen molar-refractivity contribution in [3.63, 3.8) is 0 Å². The summed E-state index contributed by atoms with van der Waals surface area (Å²) in [5.41, 5.74) is 0.256. The Morgan fingerprint density at radius 2 is 1.76 bits per heavy atom. The topological polar surface area (TPSA) is 42.2 Å². The zero-order chi connectivity index (χ0) is 15.5. The molecule has 0 aliphatic rings. The fraction of sp³-hybridized carbons (Fsp3) is 0.0714. The second-order valence-corrected chi connectivity index (χ2v) is 4.79. The van der Waals surface area contributed by atoms with Crippen LogP contribution >= 0.6 is 15.9 Å². The molecule has 0 aliphatic heterocycles. The van der Waals surface area contributed by atoms with Crippen LogP contribution in [-0.4, -0.2) is 6.36 Å². The largest absolute Gasteiger partial charge is 0.573 e. The Labute approximate surface area is 126 Å². The molecule has 0 aromatic heterocycles. The van der Waals surface area contributed by atoms with Crippen LogP contribution in [0.2, 0.25) is 0 Å². The molecule has 0 bridgehead atoms. The van der Waals surface area contributed by atoms with Crippen molar-refractivity contribution in [1.29, 1.82) is 5.26 Å².